The Hall–Kier alpha value is -2.63. The van der Waals surface area contributed by atoms with Gasteiger partial charge in [-0.05, 0) is 28.8 Å². The predicted molar refractivity (Wildman–Crippen MR) is 131 cm³/mol. The third-order valence-electron chi connectivity index (χ3n) is 5.32. The predicted octanol–water partition coefficient (Wildman–Crippen LogP) is 5.45. The molecule has 5 heterocycles. The average molecular weight is 494 g/mol. The summed E-state index contributed by atoms with van der Waals surface area (Å²) in [4.78, 5) is 14.1. The number of hydrogen-bond acceptors (Lipinski definition) is 10. The van der Waals surface area contributed by atoms with Gasteiger partial charge >= 0.3 is 0 Å². The van der Waals surface area contributed by atoms with Crippen molar-refractivity contribution in [2.24, 2.45) is 0 Å². The lowest BCUT2D eigenvalue weighted by molar-refractivity contribution is 0.0330. The second-order valence-electron chi connectivity index (χ2n) is 7.48. The molecule has 0 unspecified atom stereocenters. The summed E-state index contributed by atoms with van der Waals surface area (Å²) in [6.45, 7) is 3.95. The number of aromatic nitrogens is 4. The second kappa shape index (κ2) is 9.32. The summed E-state index contributed by atoms with van der Waals surface area (Å²) in [6.07, 6.45) is 0. The molecule has 1 saturated heterocycles. The summed E-state index contributed by atoms with van der Waals surface area (Å²) in [5.41, 5.74) is 2.26. The zero-order valence-corrected chi connectivity index (χ0v) is 20.0. The van der Waals surface area contributed by atoms with Crippen LogP contribution in [0, 0.1) is 0 Å². The zero-order chi connectivity index (χ0) is 22.0. The number of hydrogen-bond donors (Lipinski definition) is 0. The van der Waals surface area contributed by atoms with Crippen LogP contribution in [0.4, 0.5) is 0 Å². The number of fused-ring (bicyclic) bond motifs is 1. The van der Waals surface area contributed by atoms with Gasteiger partial charge in [-0.2, -0.15) is 0 Å². The highest BCUT2D eigenvalue weighted by molar-refractivity contribution is 7.99. The van der Waals surface area contributed by atoms with Crippen molar-refractivity contribution in [3.63, 3.8) is 0 Å². The Balaban J connectivity index is 1.40. The Morgan fingerprint density at radius 3 is 2.67 bits per heavy atom. The SMILES string of the molecule is c1ccc(-c2csc3nc(CN4CCOCC4)nc(Sc4nnc(-c5cccs5)o4)c23)cc1. The van der Waals surface area contributed by atoms with Crippen molar-refractivity contribution in [3.8, 4) is 21.9 Å². The number of thiophene rings is 2. The minimum Gasteiger partial charge on any atom is -0.410 e. The Bertz CT molecular complexity index is 1360. The van der Waals surface area contributed by atoms with Crippen LogP contribution in [0.15, 0.2) is 67.9 Å². The van der Waals surface area contributed by atoms with Gasteiger partial charge in [-0.25, -0.2) is 9.97 Å². The van der Waals surface area contributed by atoms with E-state index in [2.05, 4.69) is 32.6 Å². The number of morpholine rings is 1. The van der Waals surface area contributed by atoms with E-state index in [1.165, 1.54) is 11.8 Å². The second-order valence-corrected chi connectivity index (χ2v) is 10.2. The number of benzene rings is 1. The monoisotopic (exact) mass is 493 g/mol. The summed E-state index contributed by atoms with van der Waals surface area (Å²) >= 11 is 4.62. The smallest absolute Gasteiger partial charge is 0.283 e. The van der Waals surface area contributed by atoms with E-state index in [4.69, 9.17) is 19.1 Å². The van der Waals surface area contributed by atoms with E-state index in [9.17, 15) is 0 Å². The topological polar surface area (TPSA) is 77.2 Å². The lowest BCUT2D eigenvalue weighted by Gasteiger charge is -2.25. The van der Waals surface area contributed by atoms with Crippen LogP contribution in [-0.2, 0) is 11.3 Å². The lowest BCUT2D eigenvalue weighted by atomic mass is 10.1. The standard InChI is InChI=1S/C23H19N5O2S3/c1-2-5-15(6-3-1)16-14-32-21-19(16)22(25-18(24-21)13-28-8-10-29-11-9-28)33-23-27-26-20(30-23)17-7-4-12-31-17/h1-7,12,14H,8-11,13H2. The molecule has 7 nitrogen and oxygen atoms in total. The van der Waals surface area contributed by atoms with Crippen LogP contribution in [0.1, 0.15) is 5.82 Å². The Labute approximate surface area is 202 Å². The van der Waals surface area contributed by atoms with E-state index < -0.39 is 0 Å². The highest BCUT2D eigenvalue weighted by Crippen LogP contribution is 2.41. The molecule has 0 N–H and O–H groups in total. The summed E-state index contributed by atoms with van der Waals surface area (Å²) in [7, 11) is 0. The molecule has 1 aliphatic rings. The van der Waals surface area contributed by atoms with E-state index in [-0.39, 0.29) is 0 Å². The van der Waals surface area contributed by atoms with Crippen molar-refractivity contribution in [3.05, 3.63) is 59.0 Å². The quantitative estimate of drug-likeness (QED) is 0.289. The molecule has 1 aliphatic heterocycles. The minimum absolute atomic E-state index is 0.473. The fourth-order valence-electron chi connectivity index (χ4n) is 3.72. The van der Waals surface area contributed by atoms with Crippen molar-refractivity contribution >= 4 is 44.7 Å². The Morgan fingerprint density at radius 1 is 0.970 bits per heavy atom. The maximum atomic E-state index is 5.96. The molecule has 1 aromatic carbocycles. The molecule has 0 saturated carbocycles. The number of ether oxygens (including phenoxy) is 1. The average Bonchev–Trinajstić information content (AvgIpc) is 3.61. The molecule has 5 aromatic rings. The summed E-state index contributed by atoms with van der Waals surface area (Å²) in [5.74, 6) is 1.33. The molecule has 6 rings (SSSR count). The Morgan fingerprint density at radius 2 is 1.85 bits per heavy atom. The van der Waals surface area contributed by atoms with Crippen LogP contribution < -0.4 is 0 Å². The number of nitrogens with zero attached hydrogens (tertiary/aromatic N) is 5. The third-order valence-corrected chi connectivity index (χ3v) is 7.88. The summed E-state index contributed by atoms with van der Waals surface area (Å²) < 4.78 is 11.4. The third kappa shape index (κ3) is 4.44. The van der Waals surface area contributed by atoms with Crippen LogP contribution >= 0.6 is 34.4 Å². The molecular weight excluding hydrogens is 474 g/mol. The molecule has 0 bridgehead atoms. The van der Waals surface area contributed by atoms with Gasteiger partial charge in [-0.15, -0.1) is 32.9 Å². The fraction of sp³-hybridized carbons (Fsp3) is 0.217. The molecule has 0 amide bonds. The first kappa shape index (κ1) is 20.9. The zero-order valence-electron chi connectivity index (χ0n) is 17.5. The maximum Gasteiger partial charge on any atom is 0.283 e. The van der Waals surface area contributed by atoms with Crippen molar-refractivity contribution < 1.29 is 9.15 Å². The first-order valence-electron chi connectivity index (χ1n) is 10.5. The molecule has 0 aliphatic carbocycles. The molecular formula is C23H19N5O2S3. The number of rotatable bonds is 6. The van der Waals surface area contributed by atoms with E-state index >= 15 is 0 Å². The molecule has 166 valence electrons. The molecule has 10 heteroatoms. The first-order chi connectivity index (χ1) is 16.3. The minimum atomic E-state index is 0.473. The molecule has 0 spiro atoms. The highest BCUT2D eigenvalue weighted by atomic mass is 32.2. The normalized spacial score (nSPS) is 14.8. The van der Waals surface area contributed by atoms with Gasteiger partial charge in [0, 0.05) is 24.0 Å². The van der Waals surface area contributed by atoms with Crippen molar-refractivity contribution in [1.29, 1.82) is 0 Å². The van der Waals surface area contributed by atoms with Crippen LogP contribution in [0.2, 0.25) is 0 Å². The van der Waals surface area contributed by atoms with E-state index in [0.717, 1.165) is 63.4 Å². The van der Waals surface area contributed by atoms with Gasteiger partial charge in [-0.1, -0.05) is 36.4 Å². The molecule has 4 aromatic heterocycles. The van der Waals surface area contributed by atoms with Crippen LogP contribution in [0.25, 0.3) is 32.1 Å². The maximum absolute atomic E-state index is 5.96. The van der Waals surface area contributed by atoms with Gasteiger partial charge in [0.05, 0.1) is 30.0 Å². The fourth-order valence-corrected chi connectivity index (χ4v) is 6.22. The van der Waals surface area contributed by atoms with Crippen molar-refractivity contribution in [2.45, 2.75) is 16.8 Å². The van der Waals surface area contributed by atoms with Gasteiger partial charge in [0.25, 0.3) is 11.1 Å². The highest BCUT2D eigenvalue weighted by Gasteiger charge is 2.21. The van der Waals surface area contributed by atoms with Gasteiger partial charge in [0.1, 0.15) is 15.7 Å². The van der Waals surface area contributed by atoms with Crippen LogP contribution in [0.5, 0.6) is 0 Å². The molecule has 0 atom stereocenters. The van der Waals surface area contributed by atoms with Gasteiger partial charge in [0.15, 0.2) is 0 Å². The van der Waals surface area contributed by atoms with Gasteiger partial charge in [0.2, 0.25) is 0 Å². The van der Waals surface area contributed by atoms with Gasteiger partial charge in [-0.3, -0.25) is 4.90 Å². The van der Waals surface area contributed by atoms with E-state index in [1.54, 1.807) is 22.7 Å². The largest absolute Gasteiger partial charge is 0.410 e. The Kier molecular flexibility index (Phi) is 5.91. The van der Waals surface area contributed by atoms with Gasteiger partial charge < -0.3 is 9.15 Å². The van der Waals surface area contributed by atoms with E-state index in [0.29, 0.717) is 17.7 Å². The van der Waals surface area contributed by atoms with Crippen molar-refractivity contribution in [1.82, 2.24) is 25.1 Å². The van der Waals surface area contributed by atoms with Crippen LogP contribution in [-0.4, -0.2) is 51.4 Å². The van der Waals surface area contributed by atoms with Crippen molar-refractivity contribution in [2.75, 3.05) is 26.3 Å². The summed E-state index contributed by atoms with van der Waals surface area (Å²) in [6, 6.07) is 14.3. The molecule has 33 heavy (non-hydrogen) atoms. The van der Waals surface area contributed by atoms with Crippen LogP contribution in [0.3, 0.4) is 0 Å². The molecule has 1 fully saturated rings. The van der Waals surface area contributed by atoms with E-state index in [1.807, 2.05) is 35.7 Å². The first-order valence-corrected chi connectivity index (χ1v) is 13.1. The summed E-state index contributed by atoms with van der Waals surface area (Å²) in [5, 5.41) is 15.0. The lowest BCUT2D eigenvalue weighted by Crippen LogP contribution is -2.36. The molecule has 0 radical (unpaired) electrons.